The molecule has 9 nitrogen and oxygen atoms in total. The van der Waals surface area contributed by atoms with E-state index < -0.39 is 21.6 Å². The molecule has 25 heavy (non-hydrogen) atoms. The van der Waals surface area contributed by atoms with Crippen LogP contribution in [0.1, 0.15) is 20.3 Å². The van der Waals surface area contributed by atoms with Gasteiger partial charge in [-0.25, -0.2) is 4.98 Å². The lowest BCUT2D eigenvalue weighted by Gasteiger charge is -2.22. The van der Waals surface area contributed by atoms with Gasteiger partial charge in [-0.15, -0.1) is 0 Å². The van der Waals surface area contributed by atoms with Gasteiger partial charge in [-0.2, -0.15) is 0 Å². The first-order valence-corrected chi connectivity index (χ1v) is 7.95. The number of carbonyl (C=O) groups is 1. The zero-order valence-corrected chi connectivity index (χ0v) is 14.0. The largest absolute Gasteiger partial charge is 0.466 e. The average Bonchev–Trinajstić information content (AvgIpc) is 2.98. The van der Waals surface area contributed by atoms with Crippen LogP contribution < -0.4 is 10.5 Å². The van der Waals surface area contributed by atoms with Crippen molar-refractivity contribution in [2.75, 3.05) is 24.6 Å². The summed E-state index contributed by atoms with van der Waals surface area (Å²) in [6.07, 6.45) is 1.91. The summed E-state index contributed by atoms with van der Waals surface area (Å²) in [6.45, 7) is 4.34. The lowest BCUT2D eigenvalue weighted by atomic mass is 9.90. The maximum Gasteiger partial charge on any atom is 0.376 e. The number of carbonyl (C=O) groups excluding carboxylic acids is 1. The van der Waals surface area contributed by atoms with Crippen molar-refractivity contribution in [2.24, 2.45) is 5.41 Å². The van der Waals surface area contributed by atoms with Crippen molar-refractivity contribution in [1.82, 2.24) is 9.38 Å². The van der Waals surface area contributed by atoms with E-state index in [0.717, 1.165) is 4.40 Å². The Hall–Kier alpha value is -2.97. The van der Waals surface area contributed by atoms with Crippen molar-refractivity contribution in [2.45, 2.75) is 20.3 Å². The summed E-state index contributed by atoms with van der Waals surface area (Å²) < 4.78 is 6.24. The SMILES string of the molecule is CCOC(=O)C1(C)CCN(c2nc3ccccn3c(=O)c2[N+](=O)[O-])C1. The molecule has 0 saturated carbocycles. The van der Waals surface area contributed by atoms with Crippen molar-refractivity contribution < 1.29 is 14.5 Å². The zero-order chi connectivity index (χ0) is 18.2. The number of nitro groups is 1. The molecule has 0 spiro atoms. The normalized spacial score (nSPS) is 20.0. The molecule has 0 aliphatic carbocycles. The third-order valence-corrected chi connectivity index (χ3v) is 4.42. The molecular formula is C16H18N4O5. The Morgan fingerprint density at radius 1 is 1.48 bits per heavy atom. The topological polar surface area (TPSA) is 107 Å². The quantitative estimate of drug-likeness (QED) is 0.467. The average molecular weight is 346 g/mol. The number of nitrogens with zero attached hydrogens (tertiary/aromatic N) is 4. The molecule has 0 amide bonds. The number of fused-ring (bicyclic) bond motifs is 1. The van der Waals surface area contributed by atoms with Crippen LogP contribution in [-0.2, 0) is 9.53 Å². The van der Waals surface area contributed by atoms with E-state index in [4.69, 9.17) is 4.74 Å². The van der Waals surface area contributed by atoms with Crippen molar-refractivity contribution in [3.63, 3.8) is 0 Å². The summed E-state index contributed by atoms with van der Waals surface area (Å²) in [7, 11) is 0. The summed E-state index contributed by atoms with van der Waals surface area (Å²) in [6, 6.07) is 4.91. The third-order valence-electron chi connectivity index (χ3n) is 4.42. The Kier molecular flexibility index (Phi) is 4.15. The maximum atomic E-state index is 12.5. The molecule has 1 aliphatic rings. The molecule has 1 atom stereocenters. The van der Waals surface area contributed by atoms with E-state index in [2.05, 4.69) is 4.98 Å². The van der Waals surface area contributed by atoms with Crippen LogP contribution in [0.3, 0.4) is 0 Å². The van der Waals surface area contributed by atoms with Crippen LogP contribution in [0.15, 0.2) is 29.2 Å². The molecule has 1 aliphatic heterocycles. The first-order chi connectivity index (χ1) is 11.9. The highest BCUT2D eigenvalue weighted by atomic mass is 16.6. The highest BCUT2D eigenvalue weighted by Crippen LogP contribution is 2.36. The minimum absolute atomic E-state index is 0.00535. The van der Waals surface area contributed by atoms with Crippen LogP contribution in [0.2, 0.25) is 0 Å². The van der Waals surface area contributed by atoms with Gasteiger partial charge in [0.05, 0.1) is 16.9 Å². The molecular weight excluding hydrogens is 328 g/mol. The van der Waals surface area contributed by atoms with Crippen LogP contribution in [-0.4, -0.2) is 40.0 Å². The molecule has 3 rings (SSSR count). The molecule has 0 N–H and O–H groups in total. The molecule has 3 heterocycles. The number of anilines is 1. The van der Waals surface area contributed by atoms with Gasteiger partial charge in [0, 0.05) is 19.3 Å². The Morgan fingerprint density at radius 3 is 2.92 bits per heavy atom. The number of hydrogen-bond acceptors (Lipinski definition) is 7. The Balaban J connectivity index is 2.07. The highest BCUT2D eigenvalue weighted by molar-refractivity contribution is 5.78. The number of rotatable bonds is 4. The van der Waals surface area contributed by atoms with E-state index >= 15 is 0 Å². The van der Waals surface area contributed by atoms with Gasteiger partial charge in [-0.05, 0) is 32.4 Å². The van der Waals surface area contributed by atoms with E-state index in [1.54, 1.807) is 36.9 Å². The van der Waals surface area contributed by atoms with Gasteiger partial charge in [-0.1, -0.05) is 6.07 Å². The molecule has 9 heteroatoms. The van der Waals surface area contributed by atoms with Crippen molar-refractivity contribution in [3.05, 3.63) is 44.9 Å². The van der Waals surface area contributed by atoms with Gasteiger partial charge < -0.3 is 9.64 Å². The minimum Gasteiger partial charge on any atom is -0.466 e. The Morgan fingerprint density at radius 2 is 2.24 bits per heavy atom. The van der Waals surface area contributed by atoms with Crippen LogP contribution in [0.4, 0.5) is 11.5 Å². The van der Waals surface area contributed by atoms with E-state index in [1.807, 2.05) is 0 Å². The number of ether oxygens (including phenoxy) is 1. The third kappa shape index (κ3) is 2.81. The van der Waals surface area contributed by atoms with Crippen LogP contribution in [0.25, 0.3) is 5.65 Å². The fourth-order valence-electron chi connectivity index (χ4n) is 3.06. The van der Waals surface area contributed by atoms with Gasteiger partial charge in [0.25, 0.3) is 0 Å². The summed E-state index contributed by atoms with van der Waals surface area (Å²) in [4.78, 5) is 41.4. The lowest BCUT2D eigenvalue weighted by Crippen LogP contribution is -2.35. The number of esters is 1. The Labute approximate surface area is 143 Å². The smallest absolute Gasteiger partial charge is 0.376 e. The van der Waals surface area contributed by atoms with E-state index in [-0.39, 0.29) is 24.9 Å². The minimum atomic E-state index is -0.784. The first kappa shape index (κ1) is 16.9. The maximum absolute atomic E-state index is 12.5. The van der Waals surface area contributed by atoms with Gasteiger partial charge in [-0.3, -0.25) is 24.1 Å². The van der Waals surface area contributed by atoms with Crippen LogP contribution >= 0.6 is 0 Å². The van der Waals surface area contributed by atoms with Gasteiger partial charge in [0.2, 0.25) is 5.82 Å². The summed E-state index contributed by atoms with van der Waals surface area (Å²) in [5, 5.41) is 11.5. The number of pyridine rings is 1. The predicted octanol–water partition coefficient (Wildman–Crippen LogP) is 1.38. The lowest BCUT2D eigenvalue weighted by molar-refractivity contribution is -0.385. The van der Waals surface area contributed by atoms with Gasteiger partial charge >= 0.3 is 17.2 Å². The van der Waals surface area contributed by atoms with Crippen LogP contribution in [0, 0.1) is 15.5 Å². The second-order valence-corrected chi connectivity index (χ2v) is 6.23. The van der Waals surface area contributed by atoms with Crippen LogP contribution in [0.5, 0.6) is 0 Å². The van der Waals surface area contributed by atoms with E-state index in [1.165, 1.54) is 6.20 Å². The molecule has 2 aromatic rings. The number of aromatic nitrogens is 2. The second-order valence-electron chi connectivity index (χ2n) is 6.23. The van der Waals surface area contributed by atoms with Gasteiger partial charge in [0.15, 0.2) is 0 Å². The molecule has 0 aromatic carbocycles. The van der Waals surface area contributed by atoms with Crippen molar-refractivity contribution in [1.29, 1.82) is 0 Å². The zero-order valence-electron chi connectivity index (χ0n) is 14.0. The second kappa shape index (κ2) is 6.15. The predicted molar refractivity (Wildman–Crippen MR) is 89.7 cm³/mol. The fraction of sp³-hybridized carbons (Fsp3) is 0.438. The van der Waals surface area contributed by atoms with Gasteiger partial charge in [0.1, 0.15) is 5.65 Å². The molecule has 0 radical (unpaired) electrons. The molecule has 132 valence electrons. The summed E-state index contributed by atoms with van der Waals surface area (Å²) in [5.41, 5.74) is -1.79. The molecule has 1 saturated heterocycles. The number of hydrogen-bond donors (Lipinski definition) is 0. The first-order valence-electron chi connectivity index (χ1n) is 7.95. The fourth-order valence-corrected chi connectivity index (χ4v) is 3.06. The van der Waals surface area contributed by atoms with E-state index in [9.17, 15) is 19.7 Å². The molecule has 0 bridgehead atoms. The molecule has 1 fully saturated rings. The Bertz CT molecular complexity index is 909. The van der Waals surface area contributed by atoms with Crippen molar-refractivity contribution in [3.8, 4) is 0 Å². The molecule has 2 aromatic heterocycles. The monoisotopic (exact) mass is 346 g/mol. The summed E-state index contributed by atoms with van der Waals surface area (Å²) in [5.74, 6) is -0.355. The highest BCUT2D eigenvalue weighted by Gasteiger charge is 2.44. The standard InChI is InChI=1S/C16H18N4O5/c1-3-25-15(22)16(2)7-9-18(10-16)13-12(20(23)24)14(21)19-8-5-4-6-11(19)17-13/h4-6,8H,3,7,9-10H2,1-2H3. The summed E-state index contributed by atoms with van der Waals surface area (Å²) >= 11 is 0. The molecule has 1 unspecified atom stereocenters. The van der Waals surface area contributed by atoms with E-state index in [0.29, 0.717) is 18.6 Å². The van der Waals surface area contributed by atoms with Crippen molar-refractivity contribution >= 4 is 23.1 Å².